The summed E-state index contributed by atoms with van der Waals surface area (Å²) in [6.45, 7) is 11.2. The Labute approximate surface area is 128 Å². The van der Waals surface area contributed by atoms with Crippen LogP contribution in [-0.2, 0) is 17.8 Å². The van der Waals surface area contributed by atoms with E-state index < -0.39 is 0 Å². The van der Waals surface area contributed by atoms with Crippen LogP contribution in [0.25, 0.3) is 0 Å². The maximum Gasteiger partial charge on any atom is 0.123 e. The van der Waals surface area contributed by atoms with E-state index in [-0.39, 0.29) is 0 Å². The van der Waals surface area contributed by atoms with E-state index in [1.807, 2.05) is 0 Å². The highest BCUT2D eigenvalue weighted by Crippen LogP contribution is 2.23. The highest BCUT2D eigenvalue weighted by molar-refractivity contribution is 5.37. The van der Waals surface area contributed by atoms with E-state index in [0.717, 1.165) is 38.5 Å². The molecule has 0 aliphatic carbocycles. The van der Waals surface area contributed by atoms with Crippen molar-refractivity contribution in [2.45, 2.75) is 46.1 Å². The molecule has 1 aliphatic heterocycles. The summed E-state index contributed by atoms with van der Waals surface area (Å²) in [4.78, 5) is 2.45. The highest BCUT2D eigenvalue weighted by atomic mass is 16.5. The van der Waals surface area contributed by atoms with Crippen molar-refractivity contribution in [3.63, 3.8) is 0 Å². The van der Waals surface area contributed by atoms with Crippen molar-refractivity contribution in [2.75, 3.05) is 26.7 Å². The van der Waals surface area contributed by atoms with E-state index >= 15 is 0 Å². The number of benzene rings is 1. The van der Waals surface area contributed by atoms with Gasteiger partial charge in [0, 0.05) is 31.7 Å². The summed E-state index contributed by atoms with van der Waals surface area (Å²) in [6.07, 6.45) is 0.592. The van der Waals surface area contributed by atoms with Crippen molar-refractivity contribution in [2.24, 2.45) is 0 Å². The normalized spacial score (nSPS) is 23.2. The molecule has 1 saturated heterocycles. The summed E-state index contributed by atoms with van der Waals surface area (Å²) in [5, 5.41) is 3.37. The first-order chi connectivity index (χ1) is 10.1. The maximum atomic E-state index is 5.80. The molecule has 1 heterocycles. The zero-order valence-corrected chi connectivity index (χ0v) is 13.7. The van der Waals surface area contributed by atoms with E-state index in [2.05, 4.69) is 49.2 Å². The van der Waals surface area contributed by atoms with Crippen LogP contribution in [-0.4, -0.2) is 43.9 Å². The molecule has 1 fully saturated rings. The van der Waals surface area contributed by atoms with Crippen molar-refractivity contribution in [1.29, 1.82) is 0 Å². The standard InChI is InChI=1S/C17H28N2O2/c1-5-18-9-15-6-7-17(20-4)16(8-15)12-19-10-13(2)21-14(3)11-19/h6-8,13-14,18H,5,9-12H2,1-4H3. The molecular formula is C17H28N2O2. The van der Waals surface area contributed by atoms with Crippen LogP contribution in [0, 0.1) is 0 Å². The molecule has 1 aromatic carbocycles. The number of rotatable bonds is 6. The van der Waals surface area contributed by atoms with Crippen LogP contribution >= 0.6 is 0 Å². The lowest BCUT2D eigenvalue weighted by Crippen LogP contribution is -2.44. The quantitative estimate of drug-likeness (QED) is 0.873. The van der Waals surface area contributed by atoms with Gasteiger partial charge in [0.2, 0.25) is 0 Å². The van der Waals surface area contributed by atoms with Gasteiger partial charge in [-0.2, -0.15) is 0 Å². The predicted molar refractivity (Wildman–Crippen MR) is 85.7 cm³/mol. The molecule has 2 atom stereocenters. The predicted octanol–water partition coefficient (Wildman–Crippen LogP) is 2.41. The van der Waals surface area contributed by atoms with Crippen molar-refractivity contribution >= 4 is 0 Å². The first-order valence-electron chi connectivity index (χ1n) is 7.86. The molecule has 0 spiro atoms. The fourth-order valence-corrected chi connectivity index (χ4v) is 2.99. The molecule has 0 amide bonds. The Hall–Kier alpha value is -1.10. The Morgan fingerprint density at radius 1 is 1.29 bits per heavy atom. The number of ether oxygens (including phenoxy) is 2. The lowest BCUT2D eigenvalue weighted by molar-refractivity contribution is -0.0706. The number of nitrogens with one attached hydrogen (secondary N) is 1. The second kappa shape index (κ2) is 7.78. The van der Waals surface area contributed by atoms with Gasteiger partial charge in [-0.1, -0.05) is 13.0 Å². The monoisotopic (exact) mass is 292 g/mol. The molecule has 0 radical (unpaired) electrons. The van der Waals surface area contributed by atoms with Gasteiger partial charge in [0.1, 0.15) is 5.75 Å². The smallest absolute Gasteiger partial charge is 0.123 e. The minimum atomic E-state index is 0.296. The number of hydrogen-bond donors (Lipinski definition) is 1. The topological polar surface area (TPSA) is 33.7 Å². The Balaban J connectivity index is 2.09. The van der Waals surface area contributed by atoms with Gasteiger partial charge in [-0.15, -0.1) is 0 Å². The molecule has 1 N–H and O–H groups in total. The molecular weight excluding hydrogens is 264 g/mol. The summed E-state index contributed by atoms with van der Waals surface area (Å²) in [5.41, 5.74) is 2.57. The SMILES string of the molecule is CCNCc1ccc(OC)c(CN2CC(C)OC(C)C2)c1. The zero-order chi connectivity index (χ0) is 15.2. The van der Waals surface area contributed by atoms with E-state index in [9.17, 15) is 0 Å². The molecule has 2 rings (SSSR count). The van der Waals surface area contributed by atoms with Gasteiger partial charge in [0.25, 0.3) is 0 Å². The van der Waals surface area contributed by atoms with Gasteiger partial charge in [0.05, 0.1) is 19.3 Å². The molecule has 1 aromatic rings. The second-order valence-electron chi connectivity index (χ2n) is 5.88. The summed E-state index contributed by atoms with van der Waals surface area (Å²) < 4.78 is 11.3. The Kier molecular flexibility index (Phi) is 6.03. The van der Waals surface area contributed by atoms with Gasteiger partial charge >= 0.3 is 0 Å². The van der Waals surface area contributed by atoms with Crippen LogP contribution in [0.5, 0.6) is 5.75 Å². The highest BCUT2D eigenvalue weighted by Gasteiger charge is 2.23. The Bertz CT molecular complexity index is 440. The second-order valence-corrected chi connectivity index (χ2v) is 5.88. The Morgan fingerprint density at radius 3 is 2.62 bits per heavy atom. The van der Waals surface area contributed by atoms with Crippen LogP contribution in [0.2, 0.25) is 0 Å². The number of morpholine rings is 1. The maximum absolute atomic E-state index is 5.80. The van der Waals surface area contributed by atoms with Gasteiger partial charge in [-0.25, -0.2) is 0 Å². The lowest BCUT2D eigenvalue weighted by Gasteiger charge is -2.35. The zero-order valence-electron chi connectivity index (χ0n) is 13.7. The summed E-state index contributed by atoms with van der Waals surface area (Å²) in [7, 11) is 1.74. The van der Waals surface area contributed by atoms with Crippen molar-refractivity contribution in [1.82, 2.24) is 10.2 Å². The number of hydrogen-bond acceptors (Lipinski definition) is 4. The van der Waals surface area contributed by atoms with Crippen LogP contribution in [0.4, 0.5) is 0 Å². The molecule has 4 heteroatoms. The Morgan fingerprint density at radius 2 is 2.00 bits per heavy atom. The fourth-order valence-electron chi connectivity index (χ4n) is 2.99. The van der Waals surface area contributed by atoms with Gasteiger partial charge in [-0.3, -0.25) is 4.90 Å². The van der Waals surface area contributed by atoms with Crippen LogP contribution in [0.3, 0.4) is 0 Å². The minimum Gasteiger partial charge on any atom is -0.496 e. The van der Waals surface area contributed by atoms with E-state index in [1.165, 1.54) is 11.1 Å². The molecule has 0 bridgehead atoms. The average Bonchev–Trinajstić information content (AvgIpc) is 2.44. The third kappa shape index (κ3) is 4.70. The fraction of sp³-hybridized carbons (Fsp3) is 0.647. The van der Waals surface area contributed by atoms with Crippen LogP contribution < -0.4 is 10.1 Å². The molecule has 21 heavy (non-hydrogen) atoms. The third-order valence-corrected chi connectivity index (χ3v) is 3.81. The number of nitrogens with zero attached hydrogens (tertiary/aromatic N) is 1. The molecule has 4 nitrogen and oxygen atoms in total. The molecule has 118 valence electrons. The van der Waals surface area contributed by atoms with Crippen LogP contribution in [0.1, 0.15) is 31.9 Å². The summed E-state index contributed by atoms with van der Waals surface area (Å²) in [5.74, 6) is 0.974. The van der Waals surface area contributed by atoms with Crippen molar-refractivity contribution in [3.05, 3.63) is 29.3 Å². The van der Waals surface area contributed by atoms with Gasteiger partial charge in [0.15, 0.2) is 0 Å². The largest absolute Gasteiger partial charge is 0.496 e. The average molecular weight is 292 g/mol. The molecule has 0 saturated carbocycles. The molecule has 1 aliphatic rings. The minimum absolute atomic E-state index is 0.296. The molecule has 2 unspecified atom stereocenters. The van der Waals surface area contributed by atoms with Gasteiger partial charge in [-0.05, 0) is 38.1 Å². The van der Waals surface area contributed by atoms with Crippen LogP contribution in [0.15, 0.2) is 18.2 Å². The van der Waals surface area contributed by atoms with Gasteiger partial charge < -0.3 is 14.8 Å². The van der Waals surface area contributed by atoms with E-state index in [0.29, 0.717) is 12.2 Å². The molecule has 0 aromatic heterocycles. The van der Waals surface area contributed by atoms with Crippen molar-refractivity contribution in [3.8, 4) is 5.75 Å². The summed E-state index contributed by atoms with van der Waals surface area (Å²) >= 11 is 0. The van der Waals surface area contributed by atoms with Crippen molar-refractivity contribution < 1.29 is 9.47 Å². The lowest BCUT2D eigenvalue weighted by atomic mass is 10.1. The first kappa shape index (κ1) is 16.3. The number of methoxy groups -OCH3 is 1. The first-order valence-corrected chi connectivity index (χ1v) is 7.86. The third-order valence-electron chi connectivity index (χ3n) is 3.81. The summed E-state index contributed by atoms with van der Waals surface area (Å²) in [6, 6.07) is 6.47. The van der Waals surface area contributed by atoms with E-state index in [1.54, 1.807) is 7.11 Å². The van der Waals surface area contributed by atoms with E-state index in [4.69, 9.17) is 9.47 Å².